The average molecular weight is 328 g/mol. The second kappa shape index (κ2) is 8.39. The van der Waals surface area contributed by atoms with Crippen LogP contribution in [0.1, 0.15) is 45.1 Å². The summed E-state index contributed by atoms with van der Waals surface area (Å²) >= 11 is 0. The van der Waals surface area contributed by atoms with Crippen molar-refractivity contribution in [3.05, 3.63) is 29.3 Å². The summed E-state index contributed by atoms with van der Waals surface area (Å²) in [7, 11) is 0. The molecule has 1 aliphatic rings. The summed E-state index contributed by atoms with van der Waals surface area (Å²) in [6.45, 7) is 4.38. The van der Waals surface area contributed by atoms with Gasteiger partial charge in [0.2, 0.25) is 0 Å². The topological polar surface area (TPSA) is 82.3 Å². The second-order valence-corrected chi connectivity index (χ2v) is 6.17. The molecule has 1 aliphatic carbocycles. The molecule has 0 radical (unpaired) electrons. The fourth-order valence-electron chi connectivity index (χ4n) is 2.98. The highest BCUT2D eigenvalue weighted by atomic mass is 16.5. The Hall–Kier alpha value is -2.48. The van der Waals surface area contributed by atoms with Gasteiger partial charge >= 0.3 is 0 Å². The SMILES string of the molecule is CCOc1cc(/C=C(\C#N)C(=O)N[C@H]2CCCC[C@H]2C)ccc1O. The number of amides is 1. The van der Waals surface area contributed by atoms with Crippen molar-refractivity contribution in [1.29, 1.82) is 5.26 Å². The minimum absolute atomic E-state index is 0.0352. The van der Waals surface area contributed by atoms with Gasteiger partial charge in [0.15, 0.2) is 11.5 Å². The van der Waals surface area contributed by atoms with Gasteiger partial charge in [-0.05, 0) is 49.5 Å². The minimum Gasteiger partial charge on any atom is -0.504 e. The van der Waals surface area contributed by atoms with E-state index in [1.54, 1.807) is 12.1 Å². The smallest absolute Gasteiger partial charge is 0.262 e. The number of nitrogens with zero attached hydrogens (tertiary/aromatic N) is 1. The van der Waals surface area contributed by atoms with E-state index in [4.69, 9.17) is 4.74 Å². The molecule has 1 aromatic rings. The van der Waals surface area contributed by atoms with Crippen LogP contribution in [0.3, 0.4) is 0 Å². The predicted molar refractivity (Wildman–Crippen MR) is 92.4 cm³/mol. The monoisotopic (exact) mass is 328 g/mol. The molecule has 0 unspecified atom stereocenters. The maximum Gasteiger partial charge on any atom is 0.262 e. The average Bonchev–Trinajstić information content (AvgIpc) is 2.57. The Kier molecular flexibility index (Phi) is 6.25. The Morgan fingerprint density at radius 1 is 1.46 bits per heavy atom. The largest absolute Gasteiger partial charge is 0.504 e. The number of phenolic OH excluding ortho intramolecular Hbond substituents is 1. The van der Waals surface area contributed by atoms with Crippen LogP contribution in [0.25, 0.3) is 6.08 Å². The molecular formula is C19H24N2O3. The van der Waals surface area contributed by atoms with Crippen molar-refractivity contribution in [1.82, 2.24) is 5.32 Å². The summed E-state index contributed by atoms with van der Waals surface area (Å²) in [4.78, 5) is 12.4. The number of nitriles is 1. The maximum atomic E-state index is 12.4. The van der Waals surface area contributed by atoms with Crippen LogP contribution in [0.2, 0.25) is 0 Å². The first-order valence-electron chi connectivity index (χ1n) is 8.43. The van der Waals surface area contributed by atoms with Crippen molar-refractivity contribution in [2.75, 3.05) is 6.61 Å². The summed E-state index contributed by atoms with van der Waals surface area (Å²) in [5.41, 5.74) is 0.695. The van der Waals surface area contributed by atoms with E-state index in [-0.39, 0.29) is 23.3 Å². The lowest BCUT2D eigenvalue weighted by Crippen LogP contribution is -2.41. The third-order valence-corrected chi connectivity index (χ3v) is 4.39. The van der Waals surface area contributed by atoms with Crippen LogP contribution in [-0.2, 0) is 4.79 Å². The molecule has 0 spiro atoms. The van der Waals surface area contributed by atoms with Crippen molar-refractivity contribution >= 4 is 12.0 Å². The lowest BCUT2D eigenvalue weighted by Gasteiger charge is -2.29. The Morgan fingerprint density at radius 3 is 2.88 bits per heavy atom. The third-order valence-electron chi connectivity index (χ3n) is 4.39. The molecule has 1 saturated carbocycles. The van der Waals surface area contributed by atoms with E-state index in [2.05, 4.69) is 12.2 Å². The van der Waals surface area contributed by atoms with Crippen LogP contribution >= 0.6 is 0 Å². The van der Waals surface area contributed by atoms with Crippen LogP contribution in [0.15, 0.2) is 23.8 Å². The van der Waals surface area contributed by atoms with Crippen LogP contribution in [0, 0.1) is 17.2 Å². The fraction of sp³-hybridized carbons (Fsp3) is 0.474. The number of benzene rings is 1. The van der Waals surface area contributed by atoms with Gasteiger partial charge in [0.1, 0.15) is 11.6 Å². The van der Waals surface area contributed by atoms with Crippen LogP contribution in [0.5, 0.6) is 11.5 Å². The Morgan fingerprint density at radius 2 is 2.21 bits per heavy atom. The predicted octanol–water partition coefficient (Wildman–Crippen LogP) is 3.39. The Bertz CT molecular complexity index is 661. The molecule has 128 valence electrons. The number of hydrogen-bond acceptors (Lipinski definition) is 4. The molecular weight excluding hydrogens is 304 g/mol. The minimum atomic E-state index is -0.345. The van der Waals surface area contributed by atoms with E-state index in [1.807, 2.05) is 13.0 Å². The van der Waals surface area contributed by atoms with Crippen molar-refractivity contribution in [3.8, 4) is 17.6 Å². The van der Waals surface area contributed by atoms with E-state index >= 15 is 0 Å². The highest BCUT2D eigenvalue weighted by Crippen LogP contribution is 2.28. The number of carbonyl (C=O) groups is 1. The number of rotatable bonds is 5. The van der Waals surface area contributed by atoms with E-state index in [0.29, 0.717) is 23.8 Å². The zero-order valence-electron chi connectivity index (χ0n) is 14.2. The first kappa shape index (κ1) is 17.9. The molecule has 0 bridgehead atoms. The highest BCUT2D eigenvalue weighted by Gasteiger charge is 2.24. The Balaban J connectivity index is 2.15. The molecule has 2 rings (SSSR count). The summed E-state index contributed by atoms with van der Waals surface area (Å²) in [5, 5.41) is 22.0. The summed E-state index contributed by atoms with van der Waals surface area (Å²) < 4.78 is 5.33. The van der Waals surface area contributed by atoms with Crippen LogP contribution in [-0.4, -0.2) is 23.7 Å². The molecule has 5 heteroatoms. The number of phenols is 1. The van der Waals surface area contributed by atoms with Gasteiger partial charge in [-0.1, -0.05) is 25.8 Å². The lowest BCUT2D eigenvalue weighted by molar-refractivity contribution is -0.118. The van der Waals surface area contributed by atoms with Crippen molar-refractivity contribution < 1.29 is 14.6 Å². The van der Waals surface area contributed by atoms with Gasteiger partial charge in [-0.15, -0.1) is 0 Å². The third kappa shape index (κ3) is 4.51. The zero-order valence-corrected chi connectivity index (χ0v) is 14.2. The first-order chi connectivity index (χ1) is 11.5. The van der Waals surface area contributed by atoms with Crippen molar-refractivity contribution in [2.24, 2.45) is 5.92 Å². The molecule has 1 aromatic carbocycles. The molecule has 0 saturated heterocycles. The number of nitrogens with one attached hydrogen (secondary N) is 1. The van der Waals surface area contributed by atoms with E-state index < -0.39 is 0 Å². The molecule has 0 aliphatic heterocycles. The highest BCUT2D eigenvalue weighted by molar-refractivity contribution is 6.01. The zero-order chi connectivity index (χ0) is 17.5. The fourth-order valence-corrected chi connectivity index (χ4v) is 2.98. The summed E-state index contributed by atoms with van der Waals surface area (Å²) in [6, 6.07) is 6.85. The van der Waals surface area contributed by atoms with Gasteiger partial charge < -0.3 is 15.2 Å². The molecule has 2 N–H and O–H groups in total. The number of aromatic hydroxyl groups is 1. The van der Waals surface area contributed by atoms with Gasteiger partial charge in [-0.25, -0.2) is 0 Å². The van der Waals surface area contributed by atoms with Gasteiger partial charge in [-0.2, -0.15) is 5.26 Å². The summed E-state index contributed by atoms with van der Waals surface area (Å²) in [6.07, 6.45) is 5.88. The van der Waals surface area contributed by atoms with Gasteiger partial charge in [0.25, 0.3) is 5.91 Å². The molecule has 0 aromatic heterocycles. The van der Waals surface area contributed by atoms with Crippen molar-refractivity contribution in [2.45, 2.75) is 45.6 Å². The van der Waals surface area contributed by atoms with Gasteiger partial charge in [-0.3, -0.25) is 4.79 Å². The number of ether oxygens (including phenoxy) is 1. The molecule has 1 fully saturated rings. The molecule has 24 heavy (non-hydrogen) atoms. The second-order valence-electron chi connectivity index (χ2n) is 6.17. The van der Waals surface area contributed by atoms with E-state index in [1.165, 1.54) is 18.6 Å². The van der Waals surface area contributed by atoms with Crippen LogP contribution in [0.4, 0.5) is 0 Å². The number of hydrogen-bond donors (Lipinski definition) is 2. The Labute approximate surface area is 142 Å². The maximum absolute atomic E-state index is 12.4. The van der Waals surface area contributed by atoms with Crippen LogP contribution < -0.4 is 10.1 Å². The van der Waals surface area contributed by atoms with Gasteiger partial charge in [0, 0.05) is 6.04 Å². The molecule has 5 nitrogen and oxygen atoms in total. The molecule has 0 heterocycles. The van der Waals surface area contributed by atoms with E-state index in [0.717, 1.165) is 19.3 Å². The quantitative estimate of drug-likeness (QED) is 0.641. The molecule has 2 atom stereocenters. The normalized spacial score (nSPS) is 21.0. The van der Waals surface area contributed by atoms with Gasteiger partial charge in [0.05, 0.1) is 6.61 Å². The summed E-state index contributed by atoms with van der Waals surface area (Å²) in [5.74, 6) is 0.459. The standard InChI is InChI=1S/C19H24N2O3/c1-3-24-18-11-14(8-9-17(18)22)10-15(12-20)19(23)21-16-7-5-4-6-13(16)2/h8-11,13,16,22H,3-7H2,1-2H3,(H,21,23)/b15-10+/t13-,16+/m1/s1. The molecule has 1 amide bonds. The van der Waals surface area contributed by atoms with Crippen molar-refractivity contribution in [3.63, 3.8) is 0 Å². The lowest BCUT2D eigenvalue weighted by atomic mass is 9.86. The number of carbonyl (C=O) groups excluding carboxylic acids is 1. The van der Waals surface area contributed by atoms with E-state index in [9.17, 15) is 15.2 Å². The first-order valence-corrected chi connectivity index (χ1v) is 8.43.